The molecule has 2 amide bonds. The van der Waals surface area contributed by atoms with Crippen molar-refractivity contribution in [2.75, 3.05) is 0 Å². The molecule has 0 aliphatic rings. The number of H-pyrrole nitrogens is 1. The molecule has 5 N–H and O–H groups in total. The van der Waals surface area contributed by atoms with Gasteiger partial charge < -0.3 is 20.8 Å². The highest BCUT2D eigenvalue weighted by molar-refractivity contribution is 6.05. The maximum absolute atomic E-state index is 13.6. The molecule has 10 heteroatoms. The van der Waals surface area contributed by atoms with Gasteiger partial charge in [0.25, 0.3) is 5.91 Å². The average molecular weight is 533 g/mol. The van der Waals surface area contributed by atoms with Gasteiger partial charge in [0.1, 0.15) is 5.69 Å². The van der Waals surface area contributed by atoms with Gasteiger partial charge in [0.15, 0.2) is 11.7 Å². The van der Waals surface area contributed by atoms with Crippen LogP contribution in [-0.4, -0.2) is 43.8 Å². The van der Waals surface area contributed by atoms with Crippen LogP contribution < -0.4 is 10.6 Å². The van der Waals surface area contributed by atoms with E-state index in [4.69, 9.17) is 0 Å². The number of aromatic amines is 1. The van der Waals surface area contributed by atoms with E-state index in [1.165, 1.54) is 19.1 Å². The number of halogens is 1. The van der Waals surface area contributed by atoms with Gasteiger partial charge in [0.05, 0.1) is 24.1 Å². The van der Waals surface area contributed by atoms with Crippen LogP contribution in [0.2, 0.25) is 0 Å². The molecule has 0 saturated heterocycles. The summed E-state index contributed by atoms with van der Waals surface area (Å²) in [5.74, 6) is -3.77. The van der Waals surface area contributed by atoms with E-state index in [-0.39, 0.29) is 35.0 Å². The molecule has 4 rings (SSSR count). The molecule has 2 aromatic heterocycles. The van der Waals surface area contributed by atoms with Gasteiger partial charge in [-0.05, 0) is 47.4 Å². The Labute approximate surface area is 224 Å². The summed E-state index contributed by atoms with van der Waals surface area (Å²) in [5.41, 5.74) is 0.545. The van der Waals surface area contributed by atoms with Crippen molar-refractivity contribution in [1.29, 1.82) is 0 Å². The topological polar surface area (TPSA) is 144 Å². The highest BCUT2D eigenvalue weighted by Crippen LogP contribution is 2.30. The van der Waals surface area contributed by atoms with E-state index in [0.29, 0.717) is 5.56 Å². The van der Waals surface area contributed by atoms with Crippen LogP contribution >= 0.6 is 0 Å². The average Bonchev–Trinajstić information content (AvgIpc) is 3.16. The van der Waals surface area contributed by atoms with E-state index in [9.17, 15) is 29.0 Å². The van der Waals surface area contributed by atoms with Gasteiger partial charge in [0.2, 0.25) is 17.7 Å². The van der Waals surface area contributed by atoms with E-state index in [1.807, 2.05) is 36.4 Å². The zero-order chi connectivity index (χ0) is 28.3. The number of aromatic hydroxyl groups is 2. The number of hydrogen-bond acceptors (Lipinski definition) is 6. The minimum Gasteiger partial charge on any atom is -0.494 e. The van der Waals surface area contributed by atoms with E-state index in [0.717, 1.165) is 16.8 Å². The zero-order valence-corrected chi connectivity index (χ0v) is 21.7. The Morgan fingerprint density at radius 1 is 0.949 bits per heavy atom. The fourth-order valence-corrected chi connectivity index (χ4v) is 4.42. The number of carbonyl (C=O) groups excluding carboxylic acids is 3. The lowest BCUT2D eigenvalue weighted by atomic mass is 9.93. The second kappa shape index (κ2) is 11.3. The summed E-state index contributed by atoms with van der Waals surface area (Å²) in [6.07, 6.45) is -0.237. The van der Waals surface area contributed by atoms with Crippen LogP contribution in [0.4, 0.5) is 4.39 Å². The Morgan fingerprint density at radius 2 is 1.67 bits per heavy atom. The van der Waals surface area contributed by atoms with Gasteiger partial charge in [0, 0.05) is 5.56 Å². The minimum atomic E-state index is -1.02. The first kappa shape index (κ1) is 27.3. The first-order valence-electron chi connectivity index (χ1n) is 12.4. The molecule has 202 valence electrons. The standard InChI is InChI=1S/C29H29FN4O5/c1-15(2)25(26(36)24-16(3)27(37)34-29(24)39)33-23(35)14-21(32-28(38)20-9-6-10-22(30)31-20)19-12-11-17-7-4-5-8-18(17)13-19/h4-13,15,21,25,34,37,39H,14H2,1-3H3,(H,32,38)(H,33,35)/t21?,25-/m0/s1. The molecule has 2 atom stereocenters. The Morgan fingerprint density at radius 3 is 2.31 bits per heavy atom. The maximum atomic E-state index is 13.6. The van der Waals surface area contributed by atoms with Gasteiger partial charge >= 0.3 is 0 Å². The first-order valence-corrected chi connectivity index (χ1v) is 12.4. The van der Waals surface area contributed by atoms with Crippen LogP contribution in [-0.2, 0) is 4.79 Å². The van der Waals surface area contributed by atoms with Crippen molar-refractivity contribution in [3.63, 3.8) is 0 Å². The van der Waals surface area contributed by atoms with Crippen LogP contribution in [0.5, 0.6) is 11.8 Å². The SMILES string of the molecule is Cc1c(O)[nH]c(O)c1C(=O)[C@@H](NC(=O)CC(NC(=O)c1cccc(F)n1)c1ccc2ccccc2c1)C(C)C. The van der Waals surface area contributed by atoms with Gasteiger partial charge in [-0.3, -0.25) is 19.4 Å². The van der Waals surface area contributed by atoms with E-state index >= 15 is 0 Å². The number of amides is 2. The summed E-state index contributed by atoms with van der Waals surface area (Å²) < 4.78 is 13.6. The van der Waals surface area contributed by atoms with Crippen LogP contribution in [0.3, 0.4) is 0 Å². The molecular weight excluding hydrogens is 503 g/mol. The fraction of sp³-hybridized carbons (Fsp3) is 0.241. The Bertz CT molecular complexity index is 1550. The number of Topliss-reactive ketones (excluding diaryl/α,β-unsaturated/α-hetero) is 1. The number of fused-ring (bicyclic) bond motifs is 1. The fourth-order valence-electron chi connectivity index (χ4n) is 4.42. The number of hydrogen-bond donors (Lipinski definition) is 5. The lowest BCUT2D eigenvalue weighted by Gasteiger charge is -2.24. The molecule has 0 fully saturated rings. The highest BCUT2D eigenvalue weighted by atomic mass is 19.1. The lowest BCUT2D eigenvalue weighted by molar-refractivity contribution is -0.122. The number of aromatic nitrogens is 2. The molecule has 0 radical (unpaired) electrons. The van der Waals surface area contributed by atoms with Gasteiger partial charge in [-0.15, -0.1) is 0 Å². The molecule has 39 heavy (non-hydrogen) atoms. The van der Waals surface area contributed by atoms with Crippen LogP contribution in [0, 0.1) is 18.8 Å². The van der Waals surface area contributed by atoms with Crippen molar-refractivity contribution < 1.29 is 29.0 Å². The second-order valence-corrected chi connectivity index (χ2v) is 9.66. The first-order chi connectivity index (χ1) is 18.5. The lowest BCUT2D eigenvalue weighted by Crippen LogP contribution is -2.45. The smallest absolute Gasteiger partial charge is 0.270 e. The molecule has 0 saturated carbocycles. The number of carbonyl (C=O) groups is 3. The molecule has 0 aliphatic carbocycles. The third kappa shape index (κ3) is 6.06. The van der Waals surface area contributed by atoms with Crippen molar-refractivity contribution in [3.8, 4) is 11.8 Å². The molecule has 9 nitrogen and oxygen atoms in total. The van der Waals surface area contributed by atoms with Gasteiger partial charge in [-0.25, -0.2) is 4.98 Å². The molecule has 1 unspecified atom stereocenters. The third-order valence-electron chi connectivity index (χ3n) is 6.53. The quantitative estimate of drug-likeness (QED) is 0.161. The number of nitrogens with one attached hydrogen (secondary N) is 3. The summed E-state index contributed by atoms with van der Waals surface area (Å²) >= 11 is 0. The summed E-state index contributed by atoms with van der Waals surface area (Å²) in [4.78, 5) is 45.4. The Kier molecular flexibility index (Phi) is 7.94. The molecule has 4 aromatic rings. The Hall–Kier alpha value is -4.73. The predicted octanol–water partition coefficient (Wildman–Crippen LogP) is 4.31. The molecule has 2 heterocycles. The largest absolute Gasteiger partial charge is 0.494 e. The van der Waals surface area contributed by atoms with Crippen molar-refractivity contribution >= 4 is 28.4 Å². The van der Waals surface area contributed by atoms with Crippen LogP contribution in [0.1, 0.15) is 58.3 Å². The van der Waals surface area contributed by atoms with Crippen molar-refractivity contribution in [2.45, 2.75) is 39.3 Å². The number of pyridine rings is 1. The molecule has 0 bridgehead atoms. The number of ketones is 1. The maximum Gasteiger partial charge on any atom is 0.270 e. The van der Waals surface area contributed by atoms with E-state index in [1.54, 1.807) is 19.9 Å². The predicted molar refractivity (Wildman–Crippen MR) is 143 cm³/mol. The third-order valence-corrected chi connectivity index (χ3v) is 6.53. The molecular formula is C29H29FN4O5. The number of nitrogens with zero attached hydrogens (tertiary/aromatic N) is 1. The van der Waals surface area contributed by atoms with Gasteiger partial charge in [-0.2, -0.15) is 4.39 Å². The zero-order valence-electron chi connectivity index (χ0n) is 21.7. The molecule has 0 aliphatic heterocycles. The number of rotatable bonds is 9. The Balaban J connectivity index is 1.61. The summed E-state index contributed by atoms with van der Waals surface area (Å²) in [6.45, 7) is 4.95. The number of benzene rings is 2. The summed E-state index contributed by atoms with van der Waals surface area (Å²) in [6, 6.07) is 15.1. The van der Waals surface area contributed by atoms with E-state index < -0.39 is 41.5 Å². The van der Waals surface area contributed by atoms with E-state index in [2.05, 4.69) is 20.6 Å². The van der Waals surface area contributed by atoms with Crippen LogP contribution in [0.25, 0.3) is 10.8 Å². The summed E-state index contributed by atoms with van der Waals surface area (Å²) in [5, 5.41) is 27.3. The normalized spacial score (nSPS) is 12.7. The summed E-state index contributed by atoms with van der Waals surface area (Å²) in [7, 11) is 0. The van der Waals surface area contributed by atoms with Gasteiger partial charge in [-0.1, -0.05) is 56.3 Å². The van der Waals surface area contributed by atoms with Crippen molar-refractivity contribution in [2.24, 2.45) is 5.92 Å². The monoisotopic (exact) mass is 532 g/mol. The van der Waals surface area contributed by atoms with Crippen molar-refractivity contribution in [3.05, 3.63) is 89.0 Å². The van der Waals surface area contributed by atoms with Crippen LogP contribution in [0.15, 0.2) is 60.7 Å². The van der Waals surface area contributed by atoms with Crippen molar-refractivity contribution in [1.82, 2.24) is 20.6 Å². The molecule has 2 aromatic carbocycles. The second-order valence-electron chi connectivity index (χ2n) is 9.66. The minimum absolute atomic E-state index is 0.108. The highest BCUT2D eigenvalue weighted by Gasteiger charge is 2.31. The molecule has 0 spiro atoms.